The molecule has 9 heteroatoms. The number of hydrogen-bond acceptors (Lipinski definition) is 6. The first-order valence-electron chi connectivity index (χ1n) is 4.55. The van der Waals surface area contributed by atoms with Crippen molar-refractivity contribution in [1.29, 1.82) is 0 Å². The van der Waals surface area contributed by atoms with Crippen LogP contribution in [0, 0.1) is 0 Å². The minimum atomic E-state index is -4.13. The largest absolute Gasteiger partial charge is 0.462 e. The van der Waals surface area contributed by atoms with Crippen molar-refractivity contribution in [3.63, 3.8) is 0 Å². The van der Waals surface area contributed by atoms with Crippen LogP contribution in [-0.2, 0) is 18.8 Å². The Hall–Kier alpha value is -0.500. The van der Waals surface area contributed by atoms with E-state index in [1.165, 1.54) is 0 Å². The van der Waals surface area contributed by atoms with Gasteiger partial charge in [0.1, 0.15) is 6.61 Å². The Morgan fingerprint density at radius 2 is 1.94 bits per heavy atom. The highest BCUT2D eigenvalue weighted by atomic mass is 31.2. The topological polar surface area (TPSA) is 125 Å². The van der Waals surface area contributed by atoms with Gasteiger partial charge < -0.3 is 24.4 Å². The van der Waals surface area contributed by atoms with Gasteiger partial charge in [0.25, 0.3) is 0 Å². The highest BCUT2D eigenvalue weighted by molar-refractivity contribution is 7.51. The van der Waals surface area contributed by atoms with Crippen LogP contribution >= 0.6 is 7.60 Å². The molecule has 0 aromatic carbocycles. The molecule has 0 aromatic heterocycles. The predicted molar refractivity (Wildman–Crippen MR) is 53.8 cm³/mol. The van der Waals surface area contributed by atoms with Gasteiger partial charge in [-0.15, -0.1) is 0 Å². The SMILES string of the molecule is O=C(CNCP(=O)(O)O)OCCOCCO. The first-order valence-corrected chi connectivity index (χ1v) is 6.35. The molecule has 0 spiro atoms. The van der Waals surface area contributed by atoms with E-state index in [1.807, 2.05) is 0 Å². The van der Waals surface area contributed by atoms with E-state index in [9.17, 15) is 9.36 Å². The van der Waals surface area contributed by atoms with Gasteiger partial charge >= 0.3 is 13.6 Å². The van der Waals surface area contributed by atoms with E-state index in [1.54, 1.807) is 0 Å². The predicted octanol–water partition coefficient (Wildman–Crippen LogP) is -1.74. The molecule has 8 nitrogen and oxygen atoms in total. The third-order valence-electron chi connectivity index (χ3n) is 1.31. The second kappa shape index (κ2) is 8.63. The lowest BCUT2D eigenvalue weighted by Crippen LogP contribution is -2.26. The Morgan fingerprint density at radius 3 is 2.50 bits per heavy atom. The molecule has 0 amide bonds. The number of aliphatic hydroxyl groups is 1. The maximum Gasteiger partial charge on any atom is 0.339 e. The van der Waals surface area contributed by atoms with Crippen molar-refractivity contribution in [3.8, 4) is 0 Å². The van der Waals surface area contributed by atoms with Crippen molar-refractivity contribution in [2.45, 2.75) is 0 Å². The molecule has 4 N–H and O–H groups in total. The molecular formula is C7H16NO7P. The third-order valence-corrected chi connectivity index (χ3v) is 1.95. The zero-order valence-electron chi connectivity index (χ0n) is 8.66. The molecule has 0 rings (SSSR count). The number of esters is 1. The summed E-state index contributed by atoms with van der Waals surface area (Å²) in [7, 11) is -4.13. The second-order valence-electron chi connectivity index (χ2n) is 2.81. The molecule has 0 aliphatic rings. The molecule has 0 bridgehead atoms. The van der Waals surface area contributed by atoms with Gasteiger partial charge in [-0.25, -0.2) is 0 Å². The lowest BCUT2D eigenvalue weighted by atomic mass is 10.6. The molecule has 0 aliphatic carbocycles. The van der Waals surface area contributed by atoms with Crippen LogP contribution in [0.4, 0.5) is 0 Å². The minimum absolute atomic E-state index is 0.0381. The number of carbonyl (C=O) groups is 1. The van der Waals surface area contributed by atoms with Gasteiger partial charge in [0.2, 0.25) is 0 Å². The Bertz CT molecular complexity index is 241. The standard InChI is InChI=1S/C7H16NO7P/c9-1-2-14-3-4-15-7(10)5-8-6-16(11,12)13/h8-9H,1-6H2,(H2,11,12,13). The average Bonchev–Trinajstić information content (AvgIpc) is 2.15. The van der Waals surface area contributed by atoms with Crippen LogP contribution in [0.2, 0.25) is 0 Å². The molecule has 0 heterocycles. The van der Waals surface area contributed by atoms with E-state index in [0.29, 0.717) is 0 Å². The fourth-order valence-corrected chi connectivity index (χ4v) is 1.14. The fraction of sp³-hybridized carbons (Fsp3) is 0.857. The lowest BCUT2D eigenvalue weighted by molar-refractivity contribution is -0.144. The summed E-state index contributed by atoms with van der Waals surface area (Å²) in [6, 6.07) is 0. The highest BCUT2D eigenvalue weighted by Gasteiger charge is 2.12. The molecule has 0 aliphatic heterocycles. The van der Waals surface area contributed by atoms with E-state index < -0.39 is 19.9 Å². The number of hydrogen-bond donors (Lipinski definition) is 4. The minimum Gasteiger partial charge on any atom is -0.462 e. The van der Waals surface area contributed by atoms with E-state index >= 15 is 0 Å². The number of ether oxygens (including phenoxy) is 2. The summed E-state index contributed by atoms with van der Waals surface area (Å²) < 4.78 is 19.8. The molecular weight excluding hydrogens is 241 g/mol. The summed E-state index contributed by atoms with van der Waals surface area (Å²) in [5.74, 6) is -0.624. The van der Waals surface area contributed by atoms with E-state index in [0.717, 1.165) is 0 Å². The van der Waals surface area contributed by atoms with Crippen LogP contribution in [0.1, 0.15) is 0 Å². The van der Waals surface area contributed by atoms with Gasteiger partial charge in [-0.05, 0) is 0 Å². The number of carbonyl (C=O) groups excluding carboxylic acids is 1. The Morgan fingerprint density at radius 1 is 1.25 bits per heavy atom. The number of aliphatic hydroxyl groups excluding tert-OH is 1. The monoisotopic (exact) mass is 257 g/mol. The van der Waals surface area contributed by atoms with Gasteiger partial charge in [0, 0.05) is 0 Å². The number of nitrogens with one attached hydrogen (secondary N) is 1. The fourth-order valence-electron chi connectivity index (χ4n) is 0.736. The Kier molecular flexibility index (Phi) is 8.36. The van der Waals surface area contributed by atoms with Crippen LogP contribution in [0.5, 0.6) is 0 Å². The van der Waals surface area contributed by atoms with Crippen LogP contribution in [0.15, 0.2) is 0 Å². The zero-order valence-corrected chi connectivity index (χ0v) is 9.56. The average molecular weight is 257 g/mol. The summed E-state index contributed by atoms with van der Waals surface area (Å²) in [5.41, 5.74) is 0. The van der Waals surface area contributed by atoms with Gasteiger partial charge in [-0.1, -0.05) is 0 Å². The summed E-state index contributed by atoms with van der Waals surface area (Å²) in [6.07, 6.45) is -0.566. The maximum absolute atomic E-state index is 10.9. The first-order chi connectivity index (χ1) is 7.45. The van der Waals surface area contributed by atoms with Crippen molar-refractivity contribution >= 4 is 13.6 Å². The zero-order chi connectivity index (χ0) is 12.4. The molecule has 0 saturated heterocycles. The summed E-state index contributed by atoms with van der Waals surface area (Å²) in [4.78, 5) is 27.8. The molecule has 16 heavy (non-hydrogen) atoms. The van der Waals surface area contributed by atoms with Crippen LogP contribution in [0.3, 0.4) is 0 Å². The smallest absolute Gasteiger partial charge is 0.339 e. The van der Waals surface area contributed by atoms with E-state index in [4.69, 9.17) is 19.6 Å². The van der Waals surface area contributed by atoms with Crippen molar-refractivity contribution < 1.29 is 33.7 Å². The van der Waals surface area contributed by atoms with Crippen molar-refractivity contribution in [2.75, 3.05) is 39.3 Å². The van der Waals surface area contributed by atoms with Gasteiger partial charge in [0.05, 0.1) is 32.7 Å². The summed E-state index contributed by atoms with van der Waals surface area (Å²) in [5, 5.41) is 10.6. The molecule has 0 atom stereocenters. The second-order valence-corrected chi connectivity index (χ2v) is 4.45. The van der Waals surface area contributed by atoms with Crippen molar-refractivity contribution in [3.05, 3.63) is 0 Å². The Balaban J connectivity index is 3.35. The first kappa shape index (κ1) is 15.5. The maximum atomic E-state index is 10.9. The molecule has 0 fully saturated rings. The van der Waals surface area contributed by atoms with Gasteiger partial charge in [-0.3, -0.25) is 14.7 Å². The number of rotatable bonds is 9. The summed E-state index contributed by atoms with van der Waals surface area (Å²) in [6.45, 7) is 0.0120. The molecule has 0 saturated carbocycles. The van der Waals surface area contributed by atoms with Crippen molar-refractivity contribution in [1.82, 2.24) is 5.32 Å². The molecule has 0 unspecified atom stereocenters. The normalized spacial score (nSPS) is 11.4. The molecule has 0 radical (unpaired) electrons. The third kappa shape index (κ3) is 11.6. The van der Waals surface area contributed by atoms with Crippen LogP contribution in [-0.4, -0.2) is 60.1 Å². The van der Waals surface area contributed by atoms with Crippen LogP contribution < -0.4 is 5.32 Å². The molecule has 96 valence electrons. The van der Waals surface area contributed by atoms with Crippen molar-refractivity contribution in [2.24, 2.45) is 0 Å². The lowest BCUT2D eigenvalue weighted by Gasteiger charge is -2.07. The Labute approximate surface area is 92.7 Å². The quantitative estimate of drug-likeness (QED) is 0.218. The van der Waals surface area contributed by atoms with Gasteiger partial charge in [0.15, 0.2) is 0 Å². The highest BCUT2D eigenvalue weighted by Crippen LogP contribution is 2.31. The molecule has 0 aromatic rings. The van der Waals surface area contributed by atoms with Crippen LogP contribution in [0.25, 0.3) is 0 Å². The van der Waals surface area contributed by atoms with E-state index in [-0.39, 0.29) is 33.0 Å². The van der Waals surface area contributed by atoms with Gasteiger partial charge in [-0.2, -0.15) is 0 Å². The summed E-state index contributed by atoms with van der Waals surface area (Å²) >= 11 is 0. The van der Waals surface area contributed by atoms with E-state index in [2.05, 4.69) is 10.1 Å².